The molecule has 1 atom stereocenters. The van der Waals surface area contributed by atoms with Gasteiger partial charge in [-0.05, 0) is 30.5 Å². The van der Waals surface area contributed by atoms with Crippen molar-refractivity contribution in [3.05, 3.63) is 51.7 Å². The van der Waals surface area contributed by atoms with Crippen molar-refractivity contribution in [1.29, 1.82) is 0 Å². The van der Waals surface area contributed by atoms with Gasteiger partial charge in [0.05, 0.1) is 31.5 Å². The lowest BCUT2D eigenvalue weighted by molar-refractivity contribution is 0.0169. The van der Waals surface area contributed by atoms with Crippen LogP contribution in [0.4, 0.5) is 4.39 Å². The molecule has 0 spiro atoms. The highest BCUT2D eigenvalue weighted by Crippen LogP contribution is 2.22. The van der Waals surface area contributed by atoms with E-state index < -0.39 is 0 Å². The van der Waals surface area contributed by atoms with Gasteiger partial charge in [0.25, 0.3) is 0 Å². The van der Waals surface area contributed by atoms with Crippen molar-refractivity contribution in [2.45, 2.75) is 39.3 Å². The molecular weight excluding hydrogens is 401 g/mol. The Balaban J connectivity index is 1.69. The Bertz CT molecular complexity index is 819. The van der Waals surface area contributed by atoms with Crippen molar-refractivity contribution in [1.82, 2.24) is 20.5 Å². The fraction of sp³-hybridized carbons (Fsp3) is 0.545. The highest BCUT2D eigenvalue weighted by molar-refractivity contribution is 7.09. The van der Waals surface area contributed by atoms with E-state index in [9.17, 15) is 4.39 Å². The molecule has 1 unspecified atom stereocenters. The number of ether oxygens (including phenoxy) is 1. The molecule has 0 aliphatic carbocycles. The van der Waals surface area contributed by atoms with Crippen molar-refractivity contribution in [2.24, 2.45) is 4.99 Å². The van der Waals surface area contributed by atoms with E-state index in [1.807, 2.05) is 13.0 Å². The minimum atomic E-state index is -0.212. The molecule has 2 heterocycles. The summed E-state index contributed by atoms with van der Waals surface area (Å²) in [6.45, 7) is 11.3. The molecule has 2 N–H and O–H groups in total. The Morgan fingerprint density at radius 1 is 1.30 bits per heavy atom. The maximum absolute atomic E-state index is 13.9. The average Bonchev–Trinajstić information content (AvgIpc) is 3.22. The molecule has 0 saturated carbocycles. The summed E-state index contributed by atoms with van der Waals surface area (Å²) in [6.07, 6.45) is 0. The second-order valence-corrected chi connectivity index (χ2v) is 8.56. The summed E-state index contributed by atoms with van der Waals surface area (Å²) < 4.78 is 19.4. The van der Waals surface area contributed by atoms with Crippen molar-refractivity contribution in [3.8, 4) is 0 Å². The molecule has 1 fully saturated rings. The summed E-state index contributed by atoms with van der Waals surface area (Å²) in [5.74, 6) is 0.954. The zero-order valence-corrected chi connectivity index (χ0v) is 18.8. The van der Waals surface area contributed by atoms with Gasteiger partial charge < -0.3 is 15.4 Å². The van der Waals surface area contributed by atoms with E-state index in [0.29, 0.717) is 32.2 Å². The summed E-state index contributed by atoms with van der Waals surface area (Å²) in [7, 11) is 0. The number of aromatic nitrogens is 1. The second-order valence-electron chi connectivity index (χ2n) is 7.62. The van der Waals surface area contributed by atoms with Crippen molar-refractivity contribution in [3.63, 3.8) is 0 Å². The Kier molecular flexibility index (Phi) is 8.60. The SMILES string of the molecule is CCNC(=NCc1nc(C(C)C)cs1)NCC(c1cccc(F)c1)N1CCOCC1. The molecule has 0 bridgehead atoms. The molecule has 1 aromatic heterocycles. The molecule has 164 valence electrons. The molecule has 1 aliphatic heterocycles. The van der Waals surface area contributed by atoms with Crippen LogP contribution in [0.2, 0.25) is 0 Å². The van der Waals surface area contributed by atoms with Crippen LogP contribution in [-0.4, -0.2) is 55.2 Å². The first-order valence-corrected chi connectivity index (χ1v) is 11.5. The predicted molar refractivity (Wildman–Crippen MR) is 121 cm³/mol. The third-order valence-electron chi connectivity index (χ3n) is 5.06. The van der Waals surface area contributed by atoms with Crippen LogP contribution in [0.5, 0.6) is 0 Å². The lowest BCUT2D eigenvalue weighted by Gasteiger charge is -2.35. The number of aliphatic imine (C=N–C) groups is 1. The van der Waals surface area contributed by atoms with E-state index in [2.05, 4.69) is 39.7 Å². The summed E-state index contributed by atoms with van der Waals surface area (Å²) in [5, 5.41) is 9.86. The molecule has 30 heavy (non-hydrogen) atoms. The fourth-order valence-corrected chi connectivity index (χ4v) is 4.28. The zero-order chi connectivity index (χ0) is 21.3. The highest BCUT2D eigenvalue weighted by Gasteiger charge is 2.23. The number of hydrogen-bond acceptors (Lipinski definition) is 5. The first kappa shape index (κ1) is 22.7. The number of thiazole rings is 1. The van der Waals surface area contributed by atoms with Gasteiger partial charge in [-0.25, -0.2) is 14.4 Å². The molecule has 6 nitrogen and oxygen atoms in total. The van der Waals surface area contributed by atoms with Gasteiger partial charge in [-0.2, -0.15) is 0 Å². The van der Waals surface area contributed by atoms with Gasteiger partial charge in [0, 0.05) is 31.6 Å². The zero-order valence-electron chi connectivity index (χ0n) is 18.0. The molecule has 1 aromatic carbocycles. The standard InChI is InChI=1S/C22H32FN5OS/c1-4-24-22(26-14-21-27-19(15-30-21)16(2)3)25-13-20(28-8-10-29-11-9-28)17-6-5-7-18(23)12-17/h5-7,12,15-16,20H,4,8-11,13-14H2,1-3H3,(H2,24,25,26). The van der Waals surface area contributed by atoms with Crippen molar-refractivity contribution in [2.75, 3.05) is 39.4 Å². The number of morpholine rings is 1. The Morgan fingerprint density at radius 2 is 2.10 bits per heavy atom. The summed E-state index contributed by atoms with van der Waals surface area (Å²) in [6, 6.07) is 6.90. The highest BCUT2D eigenvalue weighted by atomic mass is 32.1. The minimum absolute atomic E-state index is 0.0425. The van der Waals surface area contributed by atoms with Crippen molar-refractivity contribution < 1.29 is 9.13 Å². The van der Waals surface area contributed by atoms with E-state index >= 15 is 0 Å². The topological polar surface area (TPSA) is 61.8 Å². The summed E-state index contributed by atoms with van der Waals surface area (Å²) in [4.78, 5) is 11.7. The van der Waals surface area contributed by atoms with Gasteiger partial charge >= 0.3 is 0 Å². The number of halogens is 1. The van der Waals surface area contributed by atoms with Gasteiger partial charge in [0.15, 0.2) is 5.96 Å². The molecule has 0 amide bonds. The van der Waals surface area contributed by atoms with Gasteiger partial charge in [-0.3, -0.25) is 4.90 Å². The molecule has 1 aliphatic rings. The minimum Gasteiger partial charge on any atom is -0.379 e. The van der Waals surface area contributed by atoms with Crippen LogP contribution in [0, 0.1) is 5.82 Å². The van der Waals surface area contributed by atoms with Crippen LogP contribution in [0.15, 0.2) is 34.6 Å². The number of guanidine groups is 1. The first-order chi connectivity index (χ1) is 14.6. The monoisotopic (exact) mass is 433 g/mol. The molecule has 2 aromatic rings. The smallest absolute Gasteiger partial charge is 0.191 e. The van der Waals surface area contributed by atoms with Gasteiger partial charge in [-0.1, -0.05) is 26.0 Å². The van der Waals surface area contributed by atoms with E-state index in [1.165, 1.54) is 6.07 Å². The quantitative estimate of drug-likeness (QED) is 0.493. The second kappa shape index (κ2) is 11.4. The lowest BCUT2D eigenvalue weighted by Crippen LogP contribution is -2.46. The van der Waals surface area contributed by atoms with Gasteiger partial charge in [0.2, 0.25) is 0 Å². The van der Waals surface area contributed by atoms with E-state index in [0.717, 1.165) is 41.9 Å². The average molecular weight is 434 g/mol. The van der Waals surface area contributed by atoms with E-state index in [1.54, 1.807) is 23.5 Å². The Hall–Kier alpha value is -2.03. The third kappa shape index (κ3) is 6.48. The number of hydrogen-bond donors (Lipinski definition) is 2. The van der Waals surface area contributed by atoms with Gasteiger partial charge in [0.1, 0.15) is 10.8 Å². The molecule has 3 rings (SSSR count). The third-order valence-corrected chi connectivity index (χ3v) is 5.91. The Morgan fingerprint density at radius 3 is 2.77 bits per heavy atom. The van der Waals surface area contributed by atoms with Gasteiger partial charge in [-0.15, -0.1) is 11.3 Å². The van der Waals surface area contributed by atoms with Crippen LogP contribution >= 0.6 is 11.3 Å². The molecule has 0 radical (unpaired) electrons. The first-order valence-electron chi connectivity index (χ1n) is 10.6. The predicted octanol–water partition coefficient (Wildman–Crippen LogP) is 3.53. The van der Waals surface area contributed by atoms with Crippen LogP contribution in [0.1, 0.15) is 49.0 Å². The van der Waals surface area contributed by atoms with Crippen molar-refractivity contribution >= 4 is 17.3 Å². The maximum Gasteiger partial charge on any atom is 0.191 e. The number of benzene rings is 1. The Labute approximate surface area is 182 Å². The summed E-state index contributed by atoms with van der Waals surface area (Å²) >= 11 is 1.65. The van der Waals surface area contributed by atoms with E-state index in [4.69, 9.17) is 9.73 Å². The van der Waals surface area contributed by atoms with Crippen LogP contribution in [0.25, 0.3) is 0 Å². The fourth-order valence-electron chi connectivity index (χ4n) is 3.41. The maximum atomic E-state index is 13.9. The van der Waals surface area contributed by atoms with E-state index in [-0.39, 0.29) is 11.9 Å². The van der Waals surface area contributed by atoms with Crippen LogP contribution in [0.3, 0.4) is 0 Å². The molecular formula is C22H32FN5OS. The number of nitrogens with one attached hydrogen (secondary N) is 2. The molecule has 8 heteroatoms. The molecule has 1 saturated heterocycles. The summed E-state index contributed by atoms with van der Waals surface area (Å²) in [5.41, 5.74) is 2.07. The number of rotatable bonds is 8. The number of nitrogens with zero attached hydrogens (tertiary/aromatic N) is 3. The normalized spacial score (nSPS) is 16.6. The lowest BCUT2D eigenvalue weighted by atomic mass is 10.0. The largest absolute Gasteiger partial charge is 0.379 e. The van der Waals surface area contributed by atoms with Crippen LogP contribution < -0.4 is 10.6 Å². The van der Waals surface area contributed by atoms with Crippen LogP contribution in [-0.2, 0) is 11.3 Å².